The number of piperidine rings is 1. The lowest BCUT2D eigenvalue weighted by molar-refractivity contribution is 0.160. The third-order valence-electron chi connectivity index (χ3n) is 3.16. The number of nitrogens with zero attached hydrogens (tertiary/aromatic N) is 2. The van der Waals surface area contributed by atoms with Crippen LogP contribution in [0.3, 0.4) is 0 Å². The molecule has 0 bridgehead atoms. The van der Waals surface area contributed by atoms with E-state index in [4.69, 9.17) is 5.11 Å². The first-order valence-corrected chi connectivity index (χ1v) is 7.13. The van der Waals surface area contributed by atoms with Crippen LogP contribution in [-0.4, -0.2) is 54.9 Å². The third kappa shape index (κ3) is 2.94. The van der Waals surface area contributed by atoms with E-state index in [-0.39, 0.29) is 18.6 Å². The molecule has 5 nitrogen and oxygen atoms in total. The molecular formula is C10H22N2O3S. The van der Waals surface area contributed by atoms with Gasteiger partial charge in [-0.1, -0.05) is 0 Å². The molecule has 0 radical (unpaired) electrons. The summed E-state index contributed by atoms with van der Waals surface area (Å²) in [5.74, 6) is 0.0871. The average molecular weight is 250 g/mol. The van der Waals surface area contributed by atoms with E-state index in [1.54, 1.807) is 7.05 Å². The van der Waals surface area contributed by atoms with Crippen LogP contribution < -0.4 is 0 Å². The summed E-state index contributed by atoms with van der Waals surface area (Å²) in [5, 5.41) is 9.09. The van der Waals surface area contributed by atoms with Gasteiger partial charge in [-0.05, 0) is 32.6 Å². The summed E-state index contributed by atoms with van der Waals surface area (Å²) >= 11 is 0. The molecule has 0 saturated carbocycles. The third-order valence-corrected chi connectivity index (χ3v) is 5.29. The highest BCUT2D eigenvalue weighted by Gasteiger charge is 2.32. The fourth-order valence-corrected chi connectivity index (χ4v) is 3.49. The van der Waals surface area contributed by atoms with Gasteiger partial charge in [-0.15, -0.1) is 0 Å². The molecule has 1 N–H and O–H groups in total. The molecule has 0 aromatic rings. The zero-order valence-corrected chi connectivity index (χ0v) is 11.1. The summed E-state index contributed by atoms with van der Waals surface area (Å²) in [7, 11) is -1.75. The molecule has 0 aromatic heterocycles. The van der Waals surface area contributed by atoms with Crippen LogP contribution in [0.5, 0.6) is 0 Å². The molecule has 1 saturated heterocycles. The van der Waals surface area contributed by atoms with Crippen molar-refractivity contribution >= 4 is 10.2 Å². The van der Waals surface area contributed by atoms with Crippen molar-refractivity contribution < 1.29 is 13.5 Å². The van der Waals surface area contributed by atoms with Crippen LogP contribution >= 0.6 is 0 Å². The molecule has 0 spiro atoms. The van der Waals surface area contributed by atoms with E-state index in [0.29, 0.717) is 13.1 Å². The fraction of sp³-hybridized carbons (Fsp3) is 1.00. The van der Waals surface area contributed by atoms with E-state index in [0.717, 1.165) is 12.8 Å². The Hall–Kier alpha value is -0.170. The number of hydrogen-bond donors (Lipinski definition) is 1. The highest BCUT2D eigenvalue weighted by atomic mass is 32.2. The lowest BCUT2D eigenvalue weighted by Crippen LogP contribution is -2.49. The Morgan fingerprint density at radius 2 is 2.12 bits per heavy atom. The molecular weight excluding hydrogens is 228 g/mol. The van der Waals surface area contributed by atoms with Gasteiger partial charge in [0.2, 0.25) is 0 Å². The average Bonchev–Trinajstić information content (AvgIpc) is 2.27. The lowest BCUT2D eigenvalue weighted by Gasteiger charge is -2.34. The minimum absolute atomic E-state index is 0.0421. The Morgan fingerprint density at radius 3 is 2.62 bits per heavy atom. The molecule has 1 aliphatic heterocycles. The lowest BCUT2D eigenvalue weighted by atomic mass is 10.0. The van der Waals surface area contributed by atoms with Crippen molar-refractivity contribution in [3.8, 4) is 0 Å². The van der Waals surface area contributed by atoms with Crippen molar-refractivity contribution in [3.05, 3.63) is 0 Å². The van der Waals surface area contributed by atoms with E-state index in [1.807, 2.05) is 13.8 Å². The zero-order valence-electron chi connectivity index (χ0n) is 10.3. The first-order valence-electron chi connectivity index (χ1n) is 5.73. The summed E-state index contributed by atoms with van der Waals surface area (Å²) in [6.07, 6.45) is 1.74. The molecule has 1 atom stereocenters. The normalized spacial score (nSPS) is 24.2. The maximum Gasteiger partial charge on any atom is 0.281 e. The van der Waals surface area contributed by atoms with Crippen molar-refractivity contribution in [1.82, 2.24) is 8.61 Å². The minimum atomic E-state index is -3.35. The second kappa shape index (κ2) is 5.44. The second-order valence-electron chi connectivity index (χ2n) is 4.67. The van der Waals surface area contributed by atoms with Gasteiger partial charge in [0.1, 0.15) is 0 Å². The largest absolute Gasteiger partial charge is 0.396 e. The summed E-state index contributed by atoms with van der Waals surface area (Å²) in [6.45, 7) is 4.78. The monoisotopic (exact) mass is 250 g/mol. The number of aliphatic hydroxyl groups is 1. The Bertz CT molecular complexity index is 316. The van der Waals surface area contributed by atoms with Gasteiger partial charge < -0.3 is 5.11 Å². The van der Waals surface area contributed by atoms with Gasteiger partial charge in [0.25, 0.3) is 10.2 Å². The van der Waals surface area contributed by atoms with Crippen LogP contribution in [0.15, 0.2) is 0 Å². The molecule has 0 aliphatic carbocycles. The van der Waals surface area contributed by atoms with E-state index in [9.17, 15) is 8.42 Å². The summed E-state index contributed by atoms with van der Waals surface area (Å²) in [6, 6.07) is -0.0421. The van der Waals surface area contributed by atoms with E-state index in [1.165, 1.54) is 8.61 Å². The molecule has 6 heteroatoms. The molecule has 96 valence electrons. The van der Waals surface area contributed by atoms with Crippen molar-refractivity contribution in [2.24, 2.45) is 5.92 Å². The molecule has 1 heterocycles. The van der Waals surface area contributed by atoms with Crippen molar-refractivity contribution in [3.63, 3.8) is 0 Å². The van der Waals surface area contributed by atoms with E-state index in [2.05, 4.69) is 0 Å². The van der Waals surface area contributed by atoms with Crippen LogP contribution in [0.1, 0.15) is 26.7 Å². The van der Waals surface area contributed by atoms with Gasteiger partial charge >= 0.3 is 0 Å². The predicted molar refractivity (Wildman–Crippen MR) is 63.2 cm³/mol. The second-order valence-corrected chi connectivity index (χ2v) is 6.65. The van der Waals surface area contributed by atoms with Crippen LogP contribution in [0.2, 0.25) is 0 Å². The standard InChI is InChI=1S/C10H22N2O3S/c1-9(2)11(3)16(14,15)12-6-4-5-10(7-12)8-13/h9-10,13H,4-8H2,1-3H3. The van der Waals surface area contributed by atoms with Crippen molar-refractivity contribution in [2.75, 3.05) is 26.7 Å². The maximum absolute atomic E-state index is 12.2. The first kappa shape index (κ1) is 13.9. The SMILES string of the molecule is CC(C)N(C)S(=O)(=O)N1CCCC(CO)C1. The molecule has 1 aliphatic rings. The highest BCUT2D eigenvalue weighted by Crippen LogP contribution is 2.20. The van der Waals surface area contributed by atoms with Gasteiger partial charge in [-0.3, -0.25) is 0 Å². The molecule has 1 rings (SSSR count). The Balaban J connectivity index is 2.75. The summed E-state index contributed by atoms with van der Waals surface area (Å²) in [4.78, 5) is 0. The number of rotatable bonds is 4. The molecule has 0 aromatic carbocycles. The predicted octanol–water partition coefficient (Wildman–Crippen LogP) is 0.276. The Labute approximate surface area is 98.2 Å². The summed E-state index contributed by atoms with van der Waals surface area (Å²) in [5.41, 5.74) is 0. The van der Waals surface area contributed by atoms with Crippen LogP contribution in [-0.2, 0) is 10.2 Å². The summed E-state index contributed by atoms with van der Waals surface area (Å²) < 4.78 is 27.2. The van der Waals surface area contributed by atoms with Crippen LogP contribution in [0.25, 0.3) is 0 Å². The molecule has 1 unspecified atom stereocenters. The van der Waals surface area contributed by atoms with Gasteiger partial charge in [0.05, 0.1) is 0 Å². The molecule has 0 amide bonds. The van der Waals surface area contributed by atoms with Gasteiger partial charge in [0.15, 0.2) is 0 Å². The zero-order chi connectivity index (χ0) is 12.3. The number of aliphatic hydroxyl groups excluding tert-OH is 1. The van der Waals surface area contributed by atoms with Gasteiger partial charge in [-0.2, -0.15) is 17.0 Å². The smallest absolute Gasteiger partial charge is 0.281 e. The van der Waals surface area contributed by atoms with Gasteiger partial charge in [0, 0.05) is 32.8 Å². The maximum atomic E-state index is 12.2. The highest BCUT2D eigenvalue weighted by molar-refractivity contribution is 7.86. The quantitative estimate of drug-likeness (QED) is 0.779. The fourth-order valence-electron chi connectivity index (χ4n) is 1.83. The van der Waals surface area contributed by atoms with Crippen LogP contribution in [0.4, 0.5) is 0 Å². The number of hydrogen-bond acceptors (Lipinski definition) is 3. The van der Waals surface area contributed by atoms with Crippen molar-refractivity contribution in [2.45, 2.75) is 32.7 Å². The minimum Gasteiger partial charge on any atom is -0.396 e. The van der Waals surface area contributed by atoms with Crippen LogP contribution in [0, 0.1) is 5.92 Å². The topological polar surface area (TPSA) is 60.9 Å². The molecule has 1 fully saturated rings. The Morgan fingerprint density at radius 1 is 1.50 bits per heavy atom. The Kier molecular flexibility index (Phi) is 4.73. The molecule has 16 heavy (non-hydrogen) atoms. The first-order chi connectivity index (χ1) is 7.39. The van der Waals surface area contributed by atoms with Crippen molar-refractivity contribution in [1.29, 1.82) is 0 Å². The van der Waals surface area contributed by atoms with Gasteiger partial charge in [-0.25, -0.2) is 0 Å². The van der Waals surface area contributed by atoms with E-state index >= 15 is 0 Å². The van der Waals surface area contributed by atoms with E-state index < -0.39 is 10.2 Å².